The van der Waals surface area contributed by atoms with Gasteiger partial charge in [-0.05, 0) is 6.42 Å². The topological polar surface area (TPSA) is 89.3 Å². The minimum absolute atomic E-state index is 0.0829. The van der Waals surface area contributed by atoms with Crippen LogP contribution in [-0.2, 0) is 14.8 Å². The molecule has 0 aromatic carbocycles. The van der Waals surface area contributed by atoms with Crippen molar-refractivity contribution in [2.75, 3.05) is 12.3 Å². The molecule has 13 heavy (non-hydrogen) atoms. The number of nitrogens with two attached hydrogens (primary N) is 1. The lowest BCUT2D eigenvalue weighted by Gasteiger charge is -2.08. The van der Waals surface area contributed by atoms with Crippen molar-refractivity contribution in [2.24, 2.45) is 11.1 Å². The molecule has 6 heteroatoms. The Morgan fingerprint density at radius 3 is 2.46 bits per heavy atom. The van der Waals surface area contributed by atoms with Crippen molar-refractivity contribution >= 4 is 15.9 Å². The van der Waals surface area contributed by atoms with Gasteiger partial charge in [0.2, 0.25) is 15.9 Å². The Kier molecular flexibility index (Phi) is 4.94. The van der Waals surface area contributed by atoms with Crippen LogP contribution in [0.25, 0.3) is 0 Å². The third kappa shape index (κ3) is 6.53. The summed E-state index contributed by atoms with van der Waals surface area (Å²) in [6.45, 7) is 3.76. The molecule has 0 rings (SSSR count). The van der Waals surface area contributed by atoms with Crippen molar-refractivity contribution in [3.05, 3.63) is 0 Å². The molecule has 0 aliphatic heterocycles. The van der Waals surface area contributed by atoms with Gasteiger partial charge in [-0.25, -0.2) is 13.6 Å². The number of hydrogen-bond donors (Lipinski definition) is 2. The van der Waals surface area contributed by atoms with Crippen molar-refractivity contribution in [2.45, 2.75) is 20.3 Å². The van der Waals surface area contributed by atoms with Gasteiger partial charge in [-0.1, -0.05) is 13.8 Å². The average molecular weight is 208 g/mol. The van der Waals surface area contributed by atoms with E-state index in [2.05, 4.69) is 5.32 Å². The molecule has 5 nitrogen and oxygen atoms in total. The maximum atomic E-state index is 11.1. The van der Waals surface area contributed by atoms with E-state index in [4.69, 9.17) is 5.14 Å². The van der Waals surface area contributed by atoms with E-state index in [0.717, 1.165) is 6.42 Å². The van der Waals surface area contributed by atoms with E-state index in [9.17, 15) is 13.2 Å². The Balaban J connectivity index is 3.72. The maximum Gasteiger partial charge on any atom is 0.222 e. The van der Waals surface area contributed by atoms with Gasteiger partial charge in [0.15, 0.2) is 0 Å². The Bertz CT molecular complexity index is 261. The molecule has 0 saturated heterocycles. The van der Waals surface area contributed by atoms with Crippen LogP contribution in [0.4, 0.5) is 0 Å². The first-order chi connectivity index (χ1) is 5.87. The summed E-state index contributed by atoms with van der Waals surface area (Å²) in [5, 5.41) is 7.24. The van der Waals surface area contributed by atoms with Crippen LogP contribution in [0.2, 0.25) is 0 Å². The third-order valence-electron chi connectivity index (χ3n) is 1.75. The van der Waals surface area contributed by atoms with Gasteiger partial charge in [0.1, 0.15) is 0 Å². The molecule has 0 aliphatic carbocycles. The zero-order valence-electron chi connectivity index (χ0n) is 7.91. The zero-order chi connectivity index (χ0) is 10.5. The Hall–Kier alpha value is -0.620. The lowest BCUT2D eigenvalue weighted by molar-refractivity contribution is -0.124. The zero-order valence-corrected chi connectivity index (χ0v) is 8.73. The van der Waals surface area contributed by atoms with Crippen molar-refractivity contribution < 1.29 is 13.2 Å². The first kappa shape index (κ1) is 12.4. The Morgan fingerprint density at radius 1 is 1.54 bits per heavy atom. The van der Waals surface area contributed by atoms with Gasteiger partial charge in [0.25, 0.3) is 0 Å². The molecule has 1 amide bonds. The van der Waals surface area contributed by atoms with Crippen molar-refractivity contribution in [3.8, 4) is 0 Å². The highest BCUT2D eigenvalue weighted by atomic mass is 32.2. The standard InChI is InChI=1S/C7H16N2O3S/c1-3-6(2)7(10)9-4-5-13(8,11)12/h6H,3-5H2,1-2H3,(H,9,10)(H2,8,11,12). The van der Waals surface area contributed by atoms with Gasteiger partial charge in [0.05, 0.1) is 5.75 Å². The summed E-state index contributed by atoms with van der Waals surface area (Å²) in [6, 6.07) is 0. The number of sulfonamides is 1. The average Bonchev–Trinajstić information content (AvgIpc) is 2.00. The van der Waals surface area contributed by atoms with Crippen molar-refractivity contribution in [1.82, 2.24) is 5.32 Å². The van der Waals surface area contributed by atoms with Crippen LogP contribution < -0.4 is 10.5 Å². The molecular weight excluding hydrogens is 192 g/mol. The molecule has 0 aromatic heterocycles. The maximum absolute atomic E-state index is 11.1. The lowest BCUT2D eigenvalue weighted by atomic mass is 10.1. The number of amides is 1. The van der Waals surface area contributed by atoms with E-state index in [-0.39, 0.29) is 24.1 Å². The first-order valence-corrected chi connectivity index (χ1v) is 5.86. The SMILES string of the molecule is CCC(C)C(=O)NCCS(N)(=O)=O. The second-order valence-corrected chi connectivity index (χ2v) is 4.70. The molecule has 0 spiro atoms. The van der Waals surface area contributed by atoms with E-state index >= 15 is 0 Å². The highest BCUT2D eigenvalue weighted by molar-refractivity contribution is 7.89. The number of hydrogen-bond acceptors (Lipinski definition) is 3. The van der Waals surface area contributed by atoms with Crippen LogP contribution in [0.15, 0.2) is 0 Å². The quantitative estimate of drug-likeness (QED) is 0.634. The number of rotatable bonds is 5. The normalized spacial score (nSPS) is 13.8. The lowest BCUT2D eigenvalue weighted by Crippen LogP contribution is -2.34. The summed E-state index contributed by atoms with van der Waals surface area (Å²) in [7, 11) is -3.47. The van der Waals surface area contributed by atoms with Crippen LogP contribution in [-0.4, -0.2) is 26.6 Å². The summed E-state index contributed by atoms with van der Waals surface area (Å²) in [5.74, 6) is -0.429. The first-order valence-electron chi connectivity index (χ1n) is 4.15. The van der Waals surface area contributed by atoms with Crippen molar-refractivity contribution in [3.63, 3.8) is 0 Å². The van der Waals surface area contributed by atoms with Crippen molar-refractivity contribution in [1.29, 1.82) is 0 Å². The van der Waals surface area contributed by atoms with Crippen LogP contribution >= 0.6 is 0 Å². The predicted octanol–water partition coefficient (Wildman–Crippen LogP) is -0.563. The minimum atomic E-state index is -3.47. The van der Waals surface area contributed by atoms with Crippen LogP contribution in [0, 0.1) is 5.92 Å². The van der Waals surface area contributed by atoms with Crippen LogP contribution in [0.1, 0.15) is 20.3 Å². The van der Waals surface area contributed by atoms with E-state index in [1.54, 1.807) is 6.92 Å². The molecule has 1 unspecified atom stereocenters. The van der Waals surface area contributed by atoms with Gasteiger partial charge < -0.3 is 5.32 Å². The fourth-order valence-corrected chi connectivity index (χ4v) is 1.06. The molecule has 0 bridgehead atoms. The third-order valence-corrected chi connectivity index (χ3v) is 2.52. The van der Waals surface area contributed by atoms with Crippen LogP contribution in [0.5, 0.6) is 0 Å². The molecule has 0 aromatic rings. The molecule has 0 fully saturated rings. The highest BCUT2D eigenvalue weighted by Crippen LogP contribution is 1.98. The summed E-state index contributed by atoms with van der Waals surface area (Å²) in [4.78, 5) is 11.1. The number of carbonyl (C=O) groups excluding carboxylic acids is 1. The van der Waals surface area contributed by atoms with Gasteiger partial charge in [-0.3, -0.25) is 4.79 Å². The molecule has 1 atom stereocenters. The summed E-state index contributed by atoms with van der Waals surface area (Å²) in [6.07, 6.45) is 0.737. The Morgan fingerprint density at radius 2 is 2.08 bits per heavy atom. The van der Waals surface area contributed by atoms with Gasteiger partial charge >= 0.3 is 0 Å². The monoisotopic (exact) mass is 208 g/mol. The molecular formula is C7H16N2O3S. The molecule has 0 saturated carbocycles. The fraction of sp³-hybridized carbons (Fsp3) is 0.857. The highest BCUT2D eigenvalue weighted by Gasteiger charge is 2.10. The smallest absolute Gasteiger partial charge is 0.222 e. The largest absolute Gasteiger partial charge is 0.355 e. The minimum Gasteiger partial charge on any atom is -0.355 e. The Labute approximate surface area is 78.7 Å². The molecule has 0 heterocycles. The molecule has 3 N–H and O–H groups in total. The second-order valence-electron chi connectivity index (χ2n) is 2.97. The van der Waals surface area contributed by atoms with E-state index in [1.165, 1.54) is 0 Å². The van der Waals surface area contributed by atoms with E-state index in [0.29, 0.717) is 0 Å². The van der Waals surface area contributed by atoms with Gasteiger partial charge in [-0.15, -0.1) is 0 Å². The van der Waals surface area contributed by atoms with E-state index in [1.807, 2.05) is 6.92 Å². The number of nitrogens with one attached hydrogen (secondary N) is 1. The van der Waals surface area contributed by atoms with E-state index < -0.39 is 10.0 Å². The number of primary sulfonamides is 1. The van der Waals surface area contributed by atoms with Gasteiger partial charge in [-0.2, -0.15) is 0 Å². The molecule has 0 radical (unpaired) electrons. The van der Waals surface area contributed by atoms with Crippen LogP contribution in [0.3, 0.4) is 0 Å². The summed E-state index contributed by atoms with van der Waals surface area (Å²) >= 11 is 0. The second kappa shape index (κ2) is 5.18. The molecule has 0 aliphatic rings. The summed E-state index contributed by atoms with van der Waals surface area (Å²) in [5.41, 5.74) is 0. The fourth-order valence-electron chi connectivity index (χ4n) is 0.676. The predicted molar refractivity (Wildman–Crippen MR) is 50.4 cm³/mol. The summed E-state index contributed by atoms with van der Waals surface area (Å²) < 4.78 is 21.0. The van der Waals surface area contributed by atoms with Gasteiger partial charge in [0, 0.05) is 12.5 Å². The molecule has 78 valence electrons. The number of carbonyl (C=O) groups is 1.